The van der Waals surface area contributed by atoms with Gasteiger partial charge in [0, 0.05) is 62.1 Å². The molecule has 4 heterocycles. The Morgan fingerprint density at radius 3 is 2.79 bits per heavy atom. The van der Waals surface area contributed by atoms with Gasteiger partial charge in [-0.2, -0.15) is 5.10 Å². The van der Waals surface area contributed by atoms with Crippen molar-refractivity contribution in [3.8, 4) is 0 Å². The summed E-state index contributed by atoms with van der Waals surface area (Å²) < 4.78 is 16.8. The average Bonchev–Trinajstić information content (AvgIpc) is 3.26. The van der Waals surface area contributed by atoms with Gasteiger partial charge in [0.05, 0.1) is 11.1 Å². The largest absolute Gasteiger partial charge is 0.369 e. The van der Waals surface area contributed by atoms with Gasteiger partial charge in [0.25, 0.3) is 0 Å². The van der Waals surface area contributed by atoms with Crippen LogP contribution in [0, 0.1) is 12.7 Å². The molecule has 0 atom stereocenters. The number of halogens is 1. The molecule has 144 valence electrons. The number of aromatic amines is 1. The Morgan fingerprint density at radius 1 is 1.14 bits per heavy atom. The predicted molar refractivity (Wildman–Crippen MR) is 110 cm³/mol. The first-order valence-corrected chi connectivity index (χ1v) is 9.43. The number of hydrogen-bond acceptors (Lipinski definition) is 5. The van der Waals surface area contributed by atoms with Gasteiger partial charge < -0.3 is 20.5 Å². The van der Waals surface area contributed by atoms with Crippen LogP contribution >= 0.6 is 0 Å². The molecule has 3 N–H and O–H groups in total. The Labute approximate surface area is 161 Å². The van der Waals surface area contributed by atoms with Crippen LogP contribution < -0.4 is 15.5 Å². The van der Waals surface area contributed by atoms with Crippen LogP contribution in [0.1, 0.15) is 5.69 Å². The molecule has 5 rings (SSSR count). The average molecular weight is 379 g/mol. The van der Waals surface area contributed by atoms with E-state index in [0.717, 1.165) is 53.8 Å². The molecule has 0 unspecified atom stereocenters. The van der Waals surface area contributed by atoms with Crippen LogP contribution in [0.5, 0.6) is 0 Å². The van der Waals surface area contributed by atoms with Crippen LogP contribution in [0.15, 0.2) is 30.6 Å². The minimum atomic E-state index is -0.242. The molecule has 28 heavy (non-hydrogen) atoms. The fraction of sp³-hybridized carbons (Fsp3) is 0.300. The summed E-state index contributed by atoms with van der Waals surface area (Å²) in [7, 11) is 1.89. The standard InChI is InChI=1S/C20H22FN7/c1-12-19-14(11-27(2)26-19)8-17(24-12)25-20-18-13(10-23-20)7-15(9-16(18)21)28-5-3-22-4-6-28/h7-11,22-23,25H,3-6H2,1-2H3. The monoisotopic (exact) mass is 379 g/mol. The highest BCUT2D eigenvalue weighted by Crippen LogP contribution is 2.32. The zero-order valence-electron chi connectivity index (χ0n) is 15.9. The number of piperazine rings is 1. The second kappa shape index (κ2) is 6.49. The van der Waals surface area contributed by atoms with Gasteiger partial charge >= 0.3 is 0 Å². The maximum Gasteiger partial charge on any atom is 0.136 e. The van der Waals surface area contributed by atoms with Gasteiger partial charge in [0.2, 0.25) is 0 Å². The third-order valence-electron chi connectivity index (χ3n) is 5.24. The number of rotatable bonds is 3. The maximum absolute atomic E-state index is 15.0. The first-order chi connectivity index (χ1) is 13.6. The summed E-state index contributed by atoms with van der Waals surface area (Å²) >= 11 is 0. The van der Waals surface area contributed by atoms with E-state index in [-0.39, 0.29) is 5.82 Å². The summed E-state index contributed by atoms with van der Waals surface area (Å²) in [6.45, 7) is 5.53. The maximum atomic E-state index is 15.0. The van der Waals surface area contributed by atoms with E-state index in [4.69, 9.17) is 0 Å². The van der Waals surface area contributed by atoms with Gasteiger partial charge in [-0.15, -0.1) is 0 Å². The number of nitrogens with one attached hydrogen (secondary N) is 3. The second-order valence-electron chi connectivity index (χ2n) is 7.25. The molecule has 0 spiro atoms. The third-order valence-corrected chi connectivity index (χ3v) is 5.24. The van der Waals surface area contributed by atoms with E-state index < -0.39 is 0 Å². The number of benzene rings is 1. The predicted octanol–water partition coefficient (Wildman–Crippen LogP) is 3.05. The molecule has 3 aromatic heterocycles. The lowest BCUT2D eigenvalue weighted by Gasteiger charge is -2.29. The van der Waals surface area contributed by atoms with E-state index >= 15 is 0 Å². The van der Waals surface area contributed by atoms with E-state index in [9.17, 15) is 4.39 Å². The molecule has 1 saturated heterocycles. The fourth-order valence-corrected chi connectivity index (χ4v) is 3.92. The van der Waals surface area contributed by atoms with Gasteiger partial charge in [-0.3, -0.25) is 4.68 Å². The van der Waals surface area contributed by atoms with E-state index in [1.807, 2.05) is 38.5 Å². The van der Waals surface area contributed by atoms with Crippen LogP contribution in [0.25, 0.3) is 21.7 Å². The molecule has 1 fully saturated rings. The highest BCUT2D eigenvalue weighted by atomic mass is 19.1. The fourth-order valence-electron chi connectivity index (χ4n) is 3.92. The summed E-state index contributed by atoms with van der Waals surface area (Å²) in [6.07, 6.45) is 3.78. The minimum absolute atomic E-state index is 0.242. The van der Waals surface area contributed by atoms with E-state index in [2.05, 4.69) is 30.6 Å². The number of anilines is 3. The molecular weight excluding hydrogens is 357 g/mol. The summed E-state index contributed by atoms with van der Waals surface area (Å²) in [5.74, 6) is 1.02. The van der Waals surface area contributed by atoms with Gasteiger partial charge in [-0.05, 0) is 25.1 Å². The first kappa shape index (κ1) is 17.0. The van der Waals surface area contributed by atoms with Gasteiger partial charge in [0.15, 0.2) is 0 Å². The second-order valence-corrected chi connectivity index (χ2v) is 7.25. The lowest BCUT2D eigenvalue weighted by Crippen LogP contribution is -2.43. The molecule has 1 aromatic carbocycles. The number of aryl methyl sites for hydroxylation is 2. The highest BCUT2D eigenvalue weighted by Gasteiger charge is 2.16. The third kappa shape index (κ3) is 2.86. The Kier molecular flexibility index (Phi) is 3.94. The summed E-state index contributed by atoms with van der Waals surface area (Å²) in [4.78, 5) is 9.94. The Bertz CT molecular complexity index is 1170. The SMILES string of the molecule is Cc1nc(Nc2[nH]cc3cc(N4CCNCC4)cc(F)c23)cc2cn(C)nc12. The molecule has 4 aromatic rings. The Hall–Kier alpha value is -3.13. The number of aromatic nitrogens is 4. The molecular formula is C20H22FN7. The number of pyridine rings is 1. The van der Waals surface area contributed by atoms with Crippen molar-refractivity contribution in [3.05, 3.63) is 42.1 Å². The van der Waals surface area contributed by atoms with Gasteiger partial charge in [0.1, 0.15) is 23.0 Å². The van der Waals surface area contributed by atoms with Crippen LogP contribution in [-0.2, 0) is 7.05 Å². The molecule has 1 aliphatic heterocycles. The smallest absolute Gasteiger partial charge is 0.136 e. The normalized spacial score (nSPS) is 14.9. The van der Waals surface area contributed by atoms with Crippen molar-refractivity contribution < 1.29 is 4.39 Å². The topological polar surface area (TPSA) is 73.8 Å². The summed E-state index contributed by atoms with van der Waals surface area (Å²) in [6, 6.07) is 5.58. The molecule has 0 radical (unpaired) electrons. The molecule has 8 heteroatoms. The highest BCUT2D eigenvalue weighted by molar-refractivity contribution is 5.97. The zero-order chi connectivity index (χ0) is 19.3. The number of fused-ring (bicyclic) bond motifs is 2. The van der Waals surface area contributed by atoms with Crippen molar-refractivity contribution in [1.29, 1.82) is 0 Å². The molecule has 0 amide bonds. The quantitative estimate of drug-likeness (QED) is 0.510. The summed E-state index contributed by atoms with van der Waals surface area (Å²) in [5, 5.41) is 13.4. The van der Waals surface area contributed by atoms with Crippen molar-refractivity contribution in [2.45, 2.75) is 6.92 Å². The van der Waals surface area contributed by atoms with Crippen LogP contribution in [0.4, 0.5) is 21.7 Å². The van der Waals surface area contributed by atoms with Crippen molar-refractivity contribution in [2.24, 2.45) is 7.05 Å². The van der Waals surface area contributed by atoms with Crippen LogP contribution in [0.2, 0.25) is 0 Å². The van der Waals surface area contributed by atoms with Gasteiger partial charge in [-0.1, -0.05) is 0 Å². The molecule has 0 aliphatic carbocycles. The molecule has 7 nitrogen and oxygen atoms in total. The minimum Gasteiger partial charge on any atom is -0.369 e. The van der Waals surface area contributed by atoms with E-state index in [1.54, 1.807) is 10.7 Å². The Morgan fingerprint density at radius 2 is 1.96 bits per heavy atom. The zero-order valence-corrected chi connectivity index (χ0v) is 15.9. The van der Waals surface area contributed by atoms with Crippen LogP contribution in [0.3, 0.4) is 0 Å². The van der Waals surface area contributed by atoms with Crippen molar-refractivity contribution >= 4 is 39.0 Å². The molecule has 1 aliphatic rings. The van der Waals surface area contributed by atoms with Crippen molar-refractivity contribution in [1.82, 2.24) is 25.1 Å². The number of H-pyrrole nitrogens is 1. The summed E-state index contributed by atoms with van der Waals surface area (Å²) in [5.41, 5.74) is 2.62. The van der Waals surface area contributed by atoms with Crippen molar-refractivity contribution in [2.75, 3.05) is 36.4 Å². The van der Waals surface area contributed by atoms with Gasteiger partial charge in [-0.25, -0.2) is 9.37 Å². The van der Waals surface area contributed by atoms with Crippen molar-refractivity contribution in [3.63, 3.8) is 0 Å². The van der Waals surface area contributed by atoms with E-state index in [0.29, 0.717) is 17.0 Å². The molecule has 0 saturated carbocycles. The van der Waals surface area contributed by atoms with Crippen LogP contribution in [-0.4, -0.2) is 45.9 Å². The molecule has 0 bridgehead atoms. The Balaban J connectivity index is 1.51. The lowest BCUT2D eigenvalue weighted by molar-refractivity contribution is 0.586. The lowest BCUT2D eigenvalue weighted by atomic mass is 10.1. The number of nitrogens with zero attached hydrogens (tertiary/aromatic N) is 4. The van der Waals surface area contributed by atoms with E-state index in [1.165, 1.54) is 0 Å². The number of hydrogen-bond donors (Lipinski definition) is 3. The first-order valence-electron chi connectivity index (χ1n) is 9.43.